The van der Waals surface area contributed by atoms with Crippen molar-refractivity contribution in [3.63, 3.8) is 0 Å². The van der Waals surface area contributed by atoms with E-state index < -0.39 is 18.2 Å². The number of hydrogen-bond donors (Lipinski definition) is 3. The van der Waals surface area contributed by atoms with Crippen LogP contribution >= 0.6 is 0 Å². The van der Waals surface area contributed by atoms with Gasteiger partial charge in [-0.25, -0.2) is 0 Å². The van der Waals surface area contributed by atoms with E-state index in [-0.39, 0.29) is 24.9 Å². The molecular formula is C48H89NO5. The molecule has 0 aromatic carbocycles. The van der Waals surface area contributed by atoms with Crippen molar-refractivity contribution in [1.29, 1.82) is 0 Å². The van der Waals surface area contributed by atoms with E-state index in [1.807, 2.05) is 0 Å². The van der Waals surface area contributed by atoms with Crippen molar-refractivity contribution < 1.29 is 24.5 Å². The molecule has 0 saturated carbocycles. The first-order valence-electron chi connectivity index (χ1n) is 23.2. The molecule has 0 aromatic rings. The number of allylic oxidation sites excluding steroid dienone is 6. The highest BCUT2D eigenvalue weighted by Gasteiger charge is 2.24. The quantitative estimate of drug-likeness (QED) is 0.0328. The zero-order valence-corrected chi connectivity index (χ0v) is 35.9. The summed E-state index contributed by atoms with van der Waals surface area (Å²) >= 11 is 0. The number of unbranched alkanes of at least 4 members (excludes halogenated alkanes) is 23. The van der Waals surface area contributed by atoms with Gasteiger partial charge in [0.1, 0.15) is 6.10 Å². The molecule has 316 valence electrons. The SMILES string of the molecule is CC/C=C/C/C=C/C/C=C/CCCCC(CC(=O)NC(CO)C(O)CCCCCCCCCCCCC)OC(=O)CCCCCCCCCCCCCC. The molecule has 3 atom stereocenters. The average molecular weight is 760 g/mol. The maximum Gasteiger partial charge on any atom is 0.306 e. The molecule has 0 radical (unpaired) electrons. The van der Waals surface area contributed by atoms with Crippen LogP contribution in [0.5, 0.6) is 0 Å². The second kappa shape index (κ2) is 42.2. The van der Waals surface area contributed by atoms with Crippen LogP contribution in [-0.4, -0.2) is 46.9 Å². The number of aliphatic hydroxyl groups is 2. The Kier molecular flexibility index (Phi) is 40.7. The molecule has 0 fully saturated rings. The molecule has 0 heterocycles. The molecule has 0 aliphatic carbocycles. The van der Waals surface area contributed by atoms with Crippen molar-refractivity contribution in [1.82, 2.24) is 5.32 Å². The highest BCUT2D eigenvalue weighted by molar-refractivity contribution is 5.77. The highest BCUT2D eigenvalue weighted by Crippen LogP contribution is 2.17. The maximum atomic E-state index is 13.1. The van der Waals surface area contributed by atoms with E-state index in [9.17, 15) is 19.8 Å². The third kappa shape index (κ3) is 37.0. The van der Waals surface area contributed by atoms with Gasteiger partial charge in [0.05, 0.1) is 25.2 Å². The van der Waals surface area contributed by atoms with Crippen molar-refractivity contribution in [2.75, 3.05) is 6.61 Å². The Morgan fingerprint density at radius 2 is 1.00 bits per heavy atom. The van der Waals surface area contributed by atoms with Crippen LogP contribution in [-0.2, 0) is 14.3 Å². The van der Waals surface area contributed by atoms with Gasteiger partial charge in [0.15, 0.2) is 0 Å². The Balaban J connectivity index is 4.63. The van der Waals surface area contributed by atoms with E-state index in [0.29, 0.717) is 19.3 Å². The fourth-order valence-electron chi connectivity index (χ4n) is 6.97. The number of aliphatic hydroxyl groups excluding tert-OH is 2. The average Bonchev–Trinajstić information content (AvgIpc) is 3.16. The normalized spacial score (nSPS) is 13.6. The molecule has 1 amide bonds. The van der Waals surface area contributed by atoms with Gasteiger partial charge in [-0.3, -0.25) is 9.59 Å². The minimum atomic E-state index is -0.793. The Labute approximate surface area is 334 Å². The fraction of sp³-hybridized carbons (Fsp3) is 0.833. The van der Waals surface area contributed by atoms with Gasteiger partial charge in [0.2, 0.25) is 5.91 Å². The monoisotopic (exact) mass is 760 g/mol. The van der Waals surface area contributed by atoms with Crippen molar-refractivity contribution >= 4 is 11.9 Å². The first-order valence-corrected chi connectivity index (χ1v) is 23.2. The summed E-state index contributed by atoms with van der Waals surface area (Å²) in [5, 5.41) is 23.6. The largest absolute Gasteiger partial charge is 0.462 e. The molecule has 0 aliphatic rings. The summed E-state index contributed by atoms with van der Waals surface area (Å²) in [4.78, 5) is 26.0. The number of carbonyl (C=O) groups excluding carboxylic acids is 2. The van der Waals surface area contributed by atoms with Crippen LogP contribution in [0.3, 0.4) is 0 Å². The highest BCUT2D eigenvalue weighted by atomic mass is 16.5. The first kappa shape index (κ1) is 52.1. The van der Waals surface area contributed by atoms with Crippen LogP contribution in [0, 0.1) is 0 Å². The van der Waals surface area contributed by atoms with E-state index >= 15 is 0 Å². The minimum Gasteiger partial charge on any atom is -0.462 e. The fourth-order valence-corrected chi connectivity index (χ4v) is 6.97. The minimum absolute atomic E-state index is 0.0545. The van der Waals surface area contributed by atoms with Gasteiger partial charge in [-0.15, -0.1) is 0 Å². The van der Waals surface area contributed by atoms with Crippen molar-refractivity contribution in [2.24, 2.45) is 0 Å². The van der Waals surface area contributed by atoms with Gasteiger partial charge >= 0.3 is 5.97 Å². The molecule has 6 heteroatoms. The predicted molar refractivity (Wildman–Crippen MR) is 232 cm³/mol. The third-order valence-corrected chi connectivity index (χ3v) is 10.5. The van der Waals surface area contributed by atoms with Crippen molar-refractivity contribution in [2.45, 2.75) is 251 Å². The van der Waals surface area contributed by atoms with Gasteiger partial charge in [-0.1, -0.05) is 198 Å². The molecule has 6 nitrogen and oxygen atoms in total. The van der Waals surface area contributed by atoms with E-state index in [1.165, 1.54) is 109 Å². The number of nitrogens with one attached hydrogen (secondary N) is 1. The summed E-state index contributed by atoms with van der Waals surface area (Å²) in [6.07, 6.45) is 47.7. The standard InChI is InChI=1S/C48H89NO5/c1-4-7-10-13-16-19-22-25-27-30-33-36-39-44(54-48(53)41-38-35-32-29-26-23-20-17-14-11-8-5-2)42-47(52)49-45(43-50)46(51)40-37-34-31-28-24-21-18-15-12-9-6-3/h7,10,16,19,25,27,44-46,50-51H,4-6,8-9,11-15,17-18,20-24,26,28-43H2,1-3H3,(H,49,52)/b10-7+,19-16+,27-25+. The van der Waals surface area contributed by atoms with Gasteiger partial charge in [-0.2, -0.15) is 0 Å². The lowest BCUT2D eigenvalue weighted by atomic mass is 10.0. The topological polar surface area (TPSA) is 95.9 Å². The van der Waals surface area contributed by atoms with Crippen molar-refractivity contribution in [3.05, 3.63) is 36.5 Å². The lowest BCUT2D eigenvalue weighted by Crippen LogP contribution is -2.46. The van der Waals surface area contributed by atoms with E-state index in [4.69, 9.17) is 4.74 Å². The molecule has 0 saturated heterocycles. The molecule has 0 aromatic heterocycles. The van der Waals surface area contributed by atoms with Crippen LogP contribution in [0.2, 0.25) is 0 Å². The Morgan fingerprint density at radius 1 is 0.556 bits per heavy atom. The first-order chi connectivity index (χ1) is 26.5. The smallest absolute Gasteiger partial charge is 0.306 e. The number of amides is 1. The summed E-state index contributed by atoms with van der Waals surface area (Å²) in [6, 6.07) is -0.708. The Bertz CT molecular complexity index is 900. The van der Waals surface area contributed by atoms with Gasteiger partial charge < -0.3 is 20.3 Å². The second-order valence-corrected chi connectivity index (χ2v) is 15.8. The number of hydrogen-bond acceptors (Lipinski definition) is 5. The van der Waals surface area contributed by atoms with E-state index in [0.717, 1.165) is 77.0 Å². The zero-order chi connectivity index (χ0) is 39.6. The van der Waals surface area contributed by atoms with Crippen LogP contribution < -0.4 is 5.32 Å². The van der Waals surface area contributed by atoms with Gasteiger partial charge in [-0.05, 0) is 57.8 Å². The van der Waals surface area contributed by atoms with Gasteiger partial charge in [0.25, 0.3) is 0 Å². The maximum absolute atomic E-state index is 13.1. The second-order valence-electron chi connectivity index (χ2n) is 15.8. The summed E-state index contributed by atoms with van der Waals surface area (Å²) in [5.74, 6) is -0.508. The lowest BCUT2D eigenvalue weighted by molar-refractivity contribution is -0.151. The van der Waals surface area contributed by atoms with Crippen molar-refractivity contribution in [3.8, 4) is 0 Å². The number of carbonyl (C=O) groups is 2. The molecule has 0 aliphatic heterocycles. The van der Waals surface area contributed by atoms with Crippen LogP contribution in [0.1, 0.15) is 233 Å². The van der Waals surface area contributed by atoms with Crippen LogP contribution in [0.15, 0.2) is 36.5 Å². The predicted octanol–water partition coefficient (Wildman–Crippen LogP) is 13.3. The Morgan fingerprint density at radius 3 is 1.50 bits per heavy atom. The van der Waals surface area contributed by atoms with Gasteiger partial charge in [0, 0.05) is 6.42 Å². The van der Waals surface area contributed by atoms with E-state index in [2.05, 4.69) is 62.5 Å². The lowest BCUT2D eigenvalue weighted by Gasteiger charge is -2.24. The summed E-state index contributed by atoms with van der Waals surface area (Å²) < 4.78 is 5.88. The summed E-state index contributed by atoms with van der Waals surface area (Å²) in [7, 11) is 0. The molecule has 3 N–H and O–H groups in total. The number of rotatable bonds is 41. The number of esters is 1. The van der Waals surface area contributed by atoms with Crippen LogP contribution in [0.25, 0.3) is 0 Å². The van der Waals surface area contributed by atoms with Crippen LogP contribution in [0.4, 0.5) is 0 Å². The Hall–Kier alpha value is -1.92. The molecule has 0 rings (SSSR count). The van der Waals surface area contributed by atoms with E-state index in [1.54, 1.807) is 0 Å². The molecular weight excluding hydrogens is 671 g/mol. The molecule has 3 unspecified atom stereocenters. The number of ether oxygens (including phenoxy) is 1. The summed E-state index contributed by atoms with van der Waals surface area (Å²) in [5.41, 5.74) is 0. The molecule has 54 heavy (non-hydrogen) atoms. The molecule has 0 spiro atoms. The third-order valence-electron chi connectivity index (χ3n) is 10.5. The zero-order valence-electron chi connectivity index (χ0n) is 35.9. The molecule has 0 bridgehead atoms. The summed E-state index contributed by atoms with van der Waals surface area (Å²) in [6.45, 7) is 6.34.